The molecule has 0 radical (unpaired) electrons. The number of rotatable bonds is 5. The first-order valence-electron chi connectivity index (χ1n) is 9.73. The molecule has 4 rings (SSSR count). The number of hydrogen-bond donors (Lipinski definition) is 0. The Kier molecular flexibility index (Phi) is 6.02. The summed E-state index contributed by atoms with van der Waals surface area (Å²) >= 11 is 6.92. The largest absolute Gasteiger partial charge is 0.378 e. The molecular formula is C22H21ClN4O3S. The first kappa shape index (κ1) is 21.4. The molecule has 2 aromatic rings. The third kappa shape index (κ3) is 4.45. The molecule has 1 unspecified atom stereocenters. The van der Waals surface area contributed by atoms with Crippen LogP contribution in [0.4, 0.5) is 10.5 Å². The number of anilines is 1. The van der Waals surface area contributed by atoms with E-state index in [1.165, 1.54) is 5.01 Å². The van der Waals surface area contributed by atoms with Gasteiger partial charge >= 0.3 is 0 Å². The van der Waals surface area contributed by atoms with Crippen molar-refractivity contribution in [3.8, 4) is 0 Å². The number of hydrazone groups is 1. The number of carbonyl (C=O) groups is 3. The van der Waals surface area contributed by atoms with Gasteiger partial charge in [-0.25, -0.2) is 5.01 Å². The quantitative estimate of drug-likeness (QED) is 0.684. The maximum atomic E-state index is 13.1. The Morgan fingerprint density at radius 2 is 1.81 bits per heavy atom. The number of imide groups is 1. The van der Waals surface area contributed by atoms with E-state index in [-0.39, 0.29) is 24.2 Å². The van der Waals surface area contributed by atoms with Crippen LogP contribution in [0.3, 0.4) is 0 Å². The Labute approximate surface area is 189 Å². The van der Waals surface area contributed by atoms with Crippen LogP contribution in [0.2, 0.25) is 5.02 Å². The van der Waals surface area contributed by atoms with Crippen LogP contribution in [0.5, 0.6) is 0 Å². The molecule has 2 aromatic carbocycles. The van der Waals surface area contributed by atoms with Gasteiger partial charge in [0.05, 0.1) is 17.5 Å². The highest BCUT2D eigenvalue weighted by Crippen LogP contribution is 2.34. The van der Waals surface area contributed by atoms with E-state index in [0.29, 0.717) is 11.4 Å². The number of nitrogens with zero attached hydrogens (tertiary/aromatic N) is 4. The van der Waals surface area contributed by atoms with Gasteiger partial charge in [-0.3, -0.25) is 19.3 Å². The molecule has 0 aromatic heterocycles. The molecule has 31 heavy (non-hydrogen) atoms. The van der Waals surface area contributed by atoms with E-state index in [9.17, 15) is 14.4 Å². The highest BCUT2D eigenvalue weighted by Gasteiger charge is 2.37. The Morgan fingerprint density at radius 1 is 1.13 bits per heavy atom. The van der Waals surface area contributed by atoms with E-state index in [1.54, 1.807) is 12.1 Å². The summed E-state index contributed by atoms with van der Waals surface area (Å²) in [7, 11) is 3.93. The van der Waals surface area contributed by atoms with Crippen molar-refractivity contribution in [2.45, 2.75) is 12.5 Å². The van der Waals surface area contributed by atoms with Gasteiger partial charge in [0.15, 0.2) is 0 Å². The zero-order chi connectivity index (χ0) is 22.1. The van der Waals surface area contributed by atoms with Crippen LogP contribution in [-0.2, 0) is 9.59 Å². The summed E-state index contributed by atoms with van der Waals surface area (Å²) in [6.45, 7) is -0.311. The normalized spacial score (nSPS) is 18.5. The Bertz CT molecular complexity index is 1040. The maximum absolute atomic E-state index is 13.1. The summed E-state index contributed by atoms with van der Waals surface area (Å²) in [5.41, 5.74) is 3.60. The highest BCUT2D eigenvalue weighted by molar-refractivity contribution is 8.14. The van der Waals surface area contributed by atoms with Gasteiger partial charge < -0.3 is 4.90 Å². The highest BCUT2D eigenvalue weighted by atomic mass is 35.5. The SMILES string of the molecule is CN(C)c1ccc(C2CC(c3ccc(Cl)cc3)=NN2C(=O)CN2C(=O)CSC2=O)cc1. The molecule has 2 heterocycles. The van der Waals surface area contributed by atoms with E-state index in [4.69, 9.17) is 11.6 Å². The second-order valence-corrected chi connectivity index (χ2v) is 8.90. The number of amides is 3. The molecule has 1 atom stereocenters. The summed E-state index contributed by atoms with van der Waals surface area (Å²) in [6.07, 6.45) is 0.519. The van der Waals surface area contributed by atoms with E-state index < -0.39 is 11.1 Å². The van der Waals surface area contributed by atoms with Crippen molar-refractivity contribution in [1.82, 2.24) is 9.91 Å². The summed E-state index contributed by atoms with van der Waals surface area (Å²) in [5.74, 6) is -0.674. The summed E-state index contributed by atoms with van der Waals surface area (Å²) in [4.78, 5) is 40.0. The minimum Gasteiger partial charge on any atom is -0.378 e. The Morgan fingerprint density at radius 3 is 2.39 bits per heavy atom. The first-order valence-corrected chi connectivity index (χ1v) is 11.1. The molecule has 1 fully saturated rings. The predicted octanol–water partition coefficient (Wildman–Crippen LogP) is 3.78. The smallest absolute Gasteiger partial charge is 0.289 e. The van der Waals surface area contributed by atoms with Crippen molar-refractivity contribution in [3.63, 3.8) is 0 Å². The van der Waals surface area contributed by atoms with Crippen LogP contribution in [0.25, 0.3) is 0 Å². The predicted molar refractivity (Wildman–Crippen MR) is 123 cm³/mol. The molecule has 0 aliphatic carbocycles. The molecule has 0 N–H and O–H groups in total. The van der Waals surface area contributed by atoms with Crippen molar-refractivity contribution < 1.29 is 14.4 Å². The van der Waals surface area contributed by atoms with Gasteiger partial charge in [-0.05, 0) is 35.4 Å². The molecule has 9 heteroatoms. The fourth-order valence-electron chi connectivity index (χ4n) is 3.55. The molecular weight excluding hydrogens is 436 g/mol. The minimum atomic E-state index is -0.397. The molecule has 3 amide bonds. The minimum absolute atomic E-state index is 0.0703. The third-order valence-corrected chi connectivity index (χ3v) is 6.38. The van der Waals surface area contributed by atoms with Gasteiger partial charge in [-0.2, -0.15) is 5.10 Å². The fourth-order valence-corrected chi connectivity index (χ4v) is 4.40. The van der Waals surface area contributed by atoms with Gasteiger partial charge in [0.1, 0.15) is 6.54 Å². The van der Waals surface area contributed by atoms with Crippen molar-refractivity contribution in [2.75, 3.05) is 31.3 Å². The lowest BCUT2D eigenvalue weighted by atomic mass is 9.98. The molecule has 2 aliphatic heterocycles. The standard InChI is InChI=1S/C22H21ClN4O3S/c1-25(2)17-9-5-15(6-10-17)19-11-18(14-3-7-16(23)8-4-14)24-27(19)20(28)12-26-21(29)13-31-22(26)30/h3-10,19H,11-13H2,1-2H3. The fraction of sp³-hybridized carbons (Fsp3) is 0.273. The van der Waals surface area contributed by atoms with Gasteiger partial charge in [0.2, 0.25) is 5.91 Å². The van der Waals surface area contributed by atoms with Gasteiger partial charge in [0, 0.05) is 31.2 Å². The molecule has 1 saturated heterocycles. The maximum Gasteiger partial charge on any atom is 0.289 e. The van der Waals surface area contributed by atoms with E-state index in [2.05, 4.69) is 5.10 Å². The monoisotopic (exact) mass is 456 g/mol. The van der Waals surface area contributed by atoms with Gasteiger partial charge in [0.25, 0.3) is 11.1 Å². The van der Waals surface area contributed by atoms with Crippen LogP contribution in [-0.4, -0.2) is 59.1 Å². The second-order valence-electron chi connectivity index (χ2n) is 7.53. The molecule has 0 bridgehead atoms. The lowest BCUT2D eigenvalue weighted by Gasteiger charge is -2.24. The van der Waals surface area contributed by atoms with Crippen molar-refractivity contribution in [2.24, 2.45) is 5.10 Å². The van der Waals surface area contributed by atoms with E-state index in [0.717, 1.165) is 39.2 Å². The molecule has 7 nitrogen and oxygen atoms in total. The lowest BCUT2D eigenvalue weighted by molar-refractivity contribution is -0.137. The van der Waals surface area contributed by atoms with E-state index in [1.807, 2.05) is 55.4 Å². The van der Waals surface area contributed by atoms with Crippen LogP contribution in [0.1, 0.15) is 23.6 Å². The first-order chi connectivity index (χ1) is 14.8. The van der Waals surface area contributed by atoms with Crippen LogP contribution < -0.4 is 4.90 Å². The zero-order valence-electron chi connectivity index (χ0n) is 17.1. The second kappa shape index (κ2) is 8.72. The third-order valence-electron chi connectivity index (χ3n) is 5.27. The number of benzene rings is 2. The van der Waals surface area contributed by atoms with Crippen molar-refractivity contribution in [3.05, 3.63) is 64.7 Å². The van der Waals surface area contributed by atoms with Gasteiger partial charge in [-0.1, -0.05) is 47.6 Å². The lowest BCUT2D eigenvalue weighted by Crippen LogP contribution is -2.40. The summed E-state index contributed by atoms with van der Waals surface area (Å²) in [6, 6.07) is 14.9. The number of hydrogen-bond acceptors (Lipinski definition) is 6. The average Bonchev–Trinajstić information content (AvgIpc) is 3.34. The van der Waals surface area contributed by atoms with Crippen LogP contribution >= 0.6 is 23.4 Å². The topological polar surface area (TPSA) is 73.3 Å². The number of carbonyl (C=O) groups excluding carboxylic acids is 3. The van der Waals surface area contributed by atoms with Gasteiger partial charge in [-0.15, -0.1) is 0 Å². The molecule has 160 valence electrons. The van der Waals surface area contributed by atoms with Crippen molar-refractivity contribution >= 4 is 51.8 Å². The number of halogens is 1. The van der Waals surface area contributed by atoms with E-state index >= 15 is 0 Å². The average molecular weight is 457 g/mol. The summed E-state index contributed by atoms with van der Waals surface area (Å²) in [5, 5.41) is 6.21. The molecule has 0 saturated carbocycles. The Hall–Kier alpha value is -2.84. The van der Waals surface area contributed by atoms with Crippen LogP contribution in [0, 0.1) is 0 Å². The Balaban J connectivity index is 1.63. The number of thioether (sulfide) groups is 1. The van der Waals surface area contributed by atoms with Crippen molar-refractivity contribution in [1.29, 1.82) is 0 Å². The molecule has 0 spiro atoms. The molecule has 2 aliphatic rings. The van der Waals surface area contributed by atoms with Crippen LogP contribution in [0.15, 0.2) is 53.6 Å². The zero-order valence-corrected chi connectivity index (χ0v) is 18.7. The summed E-state index contributed by atoms with van der Waals surface area (Å²) < 4.78 is 0.